The molecule has 1 aliphatic heterocycles. The van der Waals surface area contributed by atoms with Gasteiger partial charge < -0.3 is 9.64 Å². The molecule has 1 unspecified atom stereocenters. The lowest BCUT2D eigenvalue weighted by Gasteiger charge is -2.32. The Bertz CT molecular complexity index is 227. The van der Waals surface area contributed by atoms with Crippen molar-refractivity contribution in [2.75, 3.05) is 39.3 Å². The molecule has 4 nitrogen and oxygen atoms in total. The molecule has 17 heavy (non-hydrogen) atoms. The minimum atomic E-state index is 0.252. The Hall–Kier alpha value is -0.610. The molecule has 0 bridgehead atoms. The molecule has 0 radical (unpaired) electrons. The number of hydrogen-bond donors (Lipinski definition) is 0. The highest BCUT2D eigenvalue weighted by Gasteiger charge is 2.21. The van der Waals surface area contributed by atoms with Crippen LogP contribution in [0.25, 0.3) is 0 Å². The average molecular weight is 242 g/mol. The molecule has 0 saturated carbocycles. The summed E-state index contributed by atoms with van der Waals surface area (Å²) in [6.45, 7) is 11.1. The van der Waals surface area contributed by atoms with Gasteiger partial charge in [0, 0.05) is 26.2 Å². The molecule has 0 N–H and O–H groups in total. The van der Waals surface area contributed by atoms with Gasteiger partial charge in [0.2, 0.25) is 5.91 Å². The van der Waals surface area contributed by atoms with E-state index in [1.807, 2.05) is 4.90 Å². The minimum absolute atomic E-state index is 0.252. The molecule has 100 valence electrons. The van der Waals surface area contributed by atoms with Crippen LogP contribution in [0.1, 0.15) is 33.6 Å². The summed E-state index contributed by atoms with van der Waals surface area (Å²) in [6.07, 6.45) is 2.32. The van der Waals surface area contributed by atoms with E-state index < -0.39 is 0 Å². The standard InChI is InChI=1S/C13H26N2O2/c1-4-6-15(7-5-2)13(16)11-14-8-9-17-12(3)10-14/h12H,4-11H2,1-3H3. The fourth-order valence-electron chi connectivity index (χ4n) is 2.23. The SMILES string of the molecule is CCCN(CCC)C(=O)CN1CCOC(C)C1. The van der Waals surface area contributed by atoms with Gasteiger partial charge in [-0.25, -0.2) is 0 Å². The van der Waals surface area contributed by atoms with Crippen LogP contribution in [-0.4, -0.2) is 61.1 Å². The zero-order valence-corrected chi connectivity index (χ0v) is 11.4. The highest BCUT2D eigenvalue weighted by molar-refractivity contribution is 5.78. The first-order valence-corrected chi connectivity index (χ1v) is 6.79. The second kappa shape index (κ2) is 7.67. The Balaban J connectivity index is 2.39. The number of hydrogen-bond acceptors (Lipinski definition) is 3. The molecule has 0 aromatic rings. The second-order valence-electron chi connectivity index (χ2n) is 4.80. The van der Waals surface area contributed by atoms with Crippen molar-refractivity contribution in [2.45, 2.75) is 39.7 Å². The van der Waals surface area contributed by atoms with Crippen molar-refractivity contribution in [3.05, 3.63) is 0 Å². The second-order valence-corrected chi connectivity index (χ2v) is 4.80. The lowest BCUT2D eigenvalue weighted by Crippen LogP contribution is -2.47. The van der Waals surface area contributed by atoms with Gasteiger partial charge in [-0.15, -0.1) is 0 Å². The van der Waals surface area contributed by atoms with Crippen molar-refractivity contribution in [3.63, 3.8) is 0 Å². The highest BCUT2D eigenvalue weighted by Crippen LogP contribution is 2.05. The maximum Gasteiger partial charge on any atom is 0.236 e. The van der Waals surface area contributed by atoms with Gasteiger partial charge >= 0.3 is 0 Å². The van der Waals surface area contributed by atoms with Crippen molar-refractivity contribution in [1.82, 2.24) is 9.80 Å². The summed E-state index contributed by atoms with van der Waals surface area (Å²) >= 11 is 0. The summed E-state index contributed by atoms with van der Waals surface area (Å²) in [5.41, 5.74) is 0. The molecule has 0 aromatic carbocycles. The van der Waals surface area contributed by atoms with Crippen LogP contribution in [-0.2, 0) is 9.53 Å². The normalized spacial score (nSPS) is 21.5. The molecule has 1 heterocycles. The number of nitrogens with zero attached hydrogens (tertiary/aromatic N) is 2. The van der Waals surface area contributed by atoms with Crippen molar-refractivity contribution in [2.24, 2.45) is 0 Å². The number of carbonyl (C=O) groups is 1. The Labute approximate surface area is 105 Å². The highest BCUT2D eigenvalue weighted by atomic mass is 16.5. The van der Waals surface area contributed by atoms with Crippen LogP contribution in [0.2, 0.25) is 0 Å². The maximum absolute atomic E-state index is 12.1. The molecular formula is C13H26N2O2. The molecule has 0 aliphatic carbocycles. The Morgan fingerprint density at radius 3 is 2.53 bits per heavy atom. The molecule has 0 spiro atoms. The van der Waals surface area contributed by atoms with Crippen LogP contribution in [0.5, 0.6) is 0 Å². The fourth-order valence-corrected chi connectivity index (χ4v) is 2.23. The van der Waals surface area contributed by atoms with Crippen LogP contribution < -0.4 is 0 Å². The first kappa shape index (κ1) is 14.5. The molecule has 1 fully saturated rings. The lowest BCUT2D eigenvalue weighted by atomic mass is 10.3. The summed E-state index contributed by atoms with van der Waals surface area (Å²) in [5, 5.41) is 0. The van der Waals surface area contributed by atoms with Crippen LogP contribution in [0.4, 0.5) is 0 Å². The first-order valence-electron chi connectivity index (χ1n) is 6.79. The number of carbonyl (C=O) groups excluding carboxylic acids is 1. The van der Waals surface area contributed by atoms with Crippen molar-refractivity contribution in [1.29, 1.82) is 0 Å². The summed E-state index contributed by atoms with van der Waals surface area (Å²) < 4.78 is 5.48. The Morgan fingerprint density at radius 2 is 2.00 bits per heavy atom. The van der Waals surface area contributed by atoms with E-state index in [1.165, 1.54) is 0 Å². The minimum Gasteiger partial charge on any atom is -0.376 e. The first-order chi connectivity index (χ1) is 8.17. The number of ether oxygens (including phenoxy) is 1. The smallest absolute Gasteiger partial charge is 0.236 e. The van der Waals surface area contributed by atoms with Gasteiger partial charge in [0.15, 0.2) is 0 Å². The van der Waals surface area contributed by atoms with Crippen molar-refractivity contribution < 1.29 is 9.53 Å². The third kappa shape index (κ3) is 5.04. The van der Waals surface area contributed by atoms with E-state index in [0.29, 0.717) is 6.54 Å². The summed E-state index contributed by atoms with van der Waals surface area (Å²) in [5.74, 6) is 0.266. The number of morpholine rings is 1. The van der Waals surface area contributed by atoms with Gasteiger partial charge in [-0.2, -0.15) is 0 Å². The topological polar surface area (TPSA) is 32.8 Å². The van der Waals surface area contributed by atoms with Crippen molar-refractivity contribution in [3.8, 4) is 0 Å². The van der Waals surface area contributed by atoms with E-state index in [1.54, 1.807) is 0 Å². The molecule has 1 aliphatic rings. The van der Waals surface area contributed by atoms with Gasteiger partial charge in [-0.3, -0.25) is 9.69 Å². The van der Waals surface area contributed by atoms with Gasteiger partial charge in [0.1, 0.15) is 0 Å². The van der Waals surface area contributed by atoms with E-state index in [9.17, 15) is 4.79 Å². The summed E-state index contributed by atoms with van der Waals surface area (Å²) in [4.78, 5) is 16.3. The van der Waals surface area contributed by atoms with E-state index in [-0.39, 0.29) is 12.0 Å². The zero-order valence-electron chi connectivity index (χ0n) is 11.4. The molecule has 1 rings (SSSR count). The third-order valence-electron chi connectivity index (χ3n) is 3.02. The molecular weight excluding hydrogens is 216 g/mol. The molecule has 1 saturated heterocycles. The van der Waals surface area contributed by atoms with Crippen molar-refractivity contribution >= 4 is 5.91 Å². The van der Waals surface area contributed by atoms with E-state index >= 15 is 0 Å². The lowest BCUT2D eigenvalue weighted by molar-refractivity contribution is -0.134. The largest absolute Gasteiger partial charge is 0.376 e. The molecule has 1 atom stereocenters. The fraction of sp³-hybridized carbons (Fsp3) is 0.923. The van der Waals surface area contributed by atoms with Crippen LogP contribution in [0, 0.1) is 0 Å². The summed E-state index contributed by atoms with van der Waals surface area (Å²) in [7, 11) is 0. The van der Waals surface area contributed by atoms with E-state index in [2.05, 4.69) is 25.7 Å². The number of rotatable bonds is 6. The van der Waals surface area contributed by atoms with Gasteiger partial charge in [0.25, 0.3) is 0 Å². The van der Waals surface area contributed by atoms with Crippen LogP contribution in [0.3, 0.4) is 0 Å². The molecule has 4 heteroatoms. The zero-order chi connectivity index (χ0) is 12.7. The van der Waals surface area contributed by atoms with Gasteiger partial charge in [-0.1, -0.05) is 13.8 Å². The third-order valence-corrected chi connectivity index (χ3v) is 3.02. The quantitative estimate of drug-likeness (QED) is 0.705. The predicted molar refractivity (Wildman–Crippen MR) is 69.0 cm³/mol. The average Bonchev–Trinajstić information content (AvgIpc) is 2.28. The van der Waals surface area contributed by atoms with Crippen LogP contribution in [0.15, 0.2) is 0 Å². The summed E-state index contributed by atoms with van der Waals surface area (Å²) in [6, 6.07) is 0. The maximum atomic E-state index is 12.1. The van der Waals surface area contributed by atoms with Crippen LogP contribution >= 0.6 is 0 Å². The predicted octanol–water partition coefficient (Wildman–Crippen LogP) is 1.36. The van der Waals surface area contributed by atoms with E-state index in [0.717, 1.165) is 45.6 Å². The molecule has 0 aromatic heterocycles. The Kier molecular flexibility index (Phi) is 6.52. The van der Waals surface area contributed by atoms with E-state index in [4.69, 9.17) is 4.74 Å². The van der Waals surface area contributed by atoms with Gasteiger partial charge in [-0.05, 0) is 19.8 Å². The number of amides is 1. The van der Waals surface area contributed by atoms with Gasteiger partial charge in [0.05, 0.1) is 19.3 Å². The monoisotopic (exact) mass is 242 g/mol. The molecule has 1 amide bonds. The Morgan fingerprint density at radius 1 is 1.35 bits per heavy atom.